The van der Waals surface area contributed by atoms with Crippen LogP contribution in [0.3, 0.4) is 0 Å². The second kappa shape index (κ2) is 13.9. The van der Waals surface area contributed by atoms with Crippen LogP contribution in [0, 0.1) is 13.8 Å². The Hall–Kier alpha value is -4.40. The number of hydrogen-bond acceptors (Lipinski definition) is 5. The number of nitrogens with one attached hydrogen (secondary N) is 2. The molecule has 0 heterocycles. The van der Waals surface area contributed by atoms with E-state index in [4.69, 9.17) is 10.5 Å². The van der Waals surface area contributed by atoms with Crippen LogP contribution < -0.4 is 16.4 Å². The largest absolute Gasteiger partial charge is 0.444 e. The summed E-state index contributed by atoms with van der Waals surface area (Å²) >= 11 is 0. The standard InChI is InChI=1S/C35H46N4O5/c1-9-35(7,8)39(32(42)27(19-20-28(36)40)38-33(43)44-34(4,5)6)30(29-22(2)13-12-14-23(29)3)31(41)37-26-18-17-24-15-10-11-16-25(24)21-26/h10-18,21,27,30H,9,19-20H2,1-8H3,(H2,36,40)(H,37,41)(H,38,43). The average Bonchev–Trinajstić information content (AvgIpc) is 2.93. The van der Waals surface area contributed by atoms with Gasteiger partial charge in [-0.2, -0.15) is 0 Å². The highest BCUT2D eigenvalue weighted by Crippen LogP contribution is 2.36. The lowest BCUT2D eigenvalue weighted by Gasteiger charge is -2.45. The highest BCUT2D eigenvalue weighted by atomic mass is 16.6. The van der Waals surface area contributed by atoms with Crippen LogP contribution in [0.2, 0.25) is 0 Å². The third-order valence-electron chi connectivity index (χ3n) is 7.76. The summed E-state index contributed by atoms with van der Waals surface area (Å²) in [4.78, 5) is 55.4. The molecule has 4 amide bonds. The number of rotatable bonds is 11. The Balaban J connectivity index is 2.16. The number of anilines is 1. The summed E-state index contributed by atoms with van der Waals surface area (Å²) in [5.41, 5.74) is 6.73. The van der Waals surface area contributed by atoms with Crippen molar-refractivity contribution in [1.29, 1.82) is 0 Å². The van der Waals surface area contributed by atoms with Gasteiger partial charge in [0.1, 0.15) is 17.7 Å². The zero-order valence-electron chi connectivity index (χ0n) is 27.1. The van der Waals surface area contributed by atoms with Crippen LogP contribution >= 0.6 is 0 Å². The minimum atomic E-state index is -1.18. The summed E-state index contributed by atoms with van der Waals surface area (Å²) in [7, 11) is 0. The van der Waals surface area contributed by atoms with Crippen LogP contribution in [0.25, 0.3) is 10.8 Å². The first kappa shape index (κ1) is 34.1. The molecule has 0 fully saturated rings. The third kappa shape index (κ3) is 8.58. The van der Waals surface area contributed by atoms with Gasteiger partial charge in [0.15, 0.2) is 0 Å². The molecule has 3 aromatic carbocycles. The number of benzene rings is 3. The summed E-state index contributed by atoms with van der Waals surface area (Å²) in [5, 5.41) is 7.71. The van der Waals surface area contributed by atoms with E-state index in [0.717, 1.165) is 21.9 Å². The Morgan fingerprint density at radius 1 is 0.886 bits per heavy atom. The number of amides is 4. The number of hydrogen-bond donors (Lipinski definition) is 3. The zero-order valence-corrected chi connectivity index (χ0v) is 27.1. The Labute approximate surface area is 260 Å². The van der Waals surface area contributed by atoms with Gasteiger partial charge in [0.05, 0.1) is 0 Å². The van der Waals surface area contributed by atoms with E-state index in [-0.39, 0.29) is 12.8 Å². The maximum Gasteiger partial charge on any atom is 0.408 e. The zero-order chi connectivity index (χ0) is 32.8. The first-order valence-electron chi connectivity index (χ1n) is 15.0. The molecule has 236 valence electrons. The molecular weight excluding hydrogens is 556 g/mol. The minimum Gasteiger partial charge on any atom is -0.444 e. The first-order chi connectivity index (χ1) is 20.5. The number of carbonyl (C=O) groups is 4. The first-order valence-corrected chi connectivity index (χ1v) is 15.0. The number of alkyl carbamates (subject to hydrolysis) is 1. The van der Waals surface area contributed by atoms with E-state index < -0.39 is 47.0 Å². The number of aryl methyl sites for hydroxylation is 2. The van der Waals surface area contributed by atoms with Crippen molar-refractivity contribution in [3.8, 4) is 0 Å². The lowest BCUT2D eigenvalue weighted by atomic mass is 9.88. The van der Waals surface area contributed by atoms with Gasteiger partial charge in [0.25, 0.3) is 5.91 Å². The molecule has 0 aliphatic heterocycles. The van der Waals surface area contributed by atoms with Crippen molar-refractivity contribution in [3.05, 3.63) is 77.4 Å². The molecule has 2 unspecified atom stereocenters. The Morgan fingerprint density at radius 2 is 1.50 bits per heavy atom. The fourth-order valence-electron chi connectivity index (χ4n) is 5.22. The van der Waals surface area contributed by atoms with Crippen molar-refractivity contribution in [1.82, 2.24) is 10.2 Å². The topological polar surface area (TPSA) is 131 Å². The van der Waals surface area contributed by atoms with E-state index in [1.54, 1.807) is 25.7 Å². The van der Waals surface area contributed by atoms with E-state index in [1.807, 2.05) is 95.3 Å². The Bertz CT molecular complexity index is 1500. The molecule has 0 aliphatic carbocycles. The van der Waals surface area contributed by atoms with Crippen LogP contribution in [0.4, 0.5) is 10.5 Å². The maximum absolute atomic E-state index is 14.7. The van der Waals surface area contributed by atoms with Gasteiger partial charge < -0.3 is 26.0 Å². The molecule has 0 spiro atoms. The fourth-order valence-corrected chi connectivity index (χ4v) is 5.22. The minimum absolute atomic E-state index is 0.0600. The molecule has 0 bridgehead atoms. The number of nitrogens with zero attached hydrogens (tertiary/aromatic N) is 1. The van der Waals surface area contributed by atoms with Crippen molar-refractivity contribution >= 4 is 40.3 Å². The van der Waals surface area contributed by atoms with Gasteiger partial charge in [0, 0.05) is 17.6 Å². The SMILES string of the molecule is CCC(C)(C)N(C(=O)C(CCC(N)=O)NC(=O)OC(C)(C)C)C(C(=O)Nc1ccc2ccccc2c1)c1c(C)cccc1C. The summed E-state index contributed by atoms with van der Waals surface area (Å²) in [6, 6.07) is 17.0. The van der Waals surface area contributed by atoms with E-state index in [2.05, 4.69) is 10.6 Å². The van der Waals surface area contributed by atoms with Crippen LogP contribution in [-0.2, 0) is 19.1 Å². The van der Waals surface area contributed by atoms with Crippen molar-refractivity contribution in [2.24, 2.45) is 5.73 Å². The lowest BCUT2D eigenvalue weighted by molar-refractivity contribution is -0.148. The Kier molecular flexibility index (Phi) is 10.8. The number of primary amides is 1. The van der Waals surface area contributed by atoms with Gasteiger partial charge in [-0.05, 0) is 101 Å². The summed E-state index contributed by atoms with van der Waals surface area (Å²) in [6.45, 7) is 14.7. The molecule has 0 aliphatic rings. The molecule has 9 nitrogen and oxygen atoms in total. The summed E-state index contributed by atoms with van der Waals surface area (Å²) in [5.74, 6) is -1.54. The van der Waals surface area contributed by atoms with Crippen molar-refractivity contribution in [3.63, 3.8) is 0 Å². The highest BCUT2D eigenvalue weighted by Gasteiger charge is 2.44. The third-order valence-corrected chi connectivity index (χ3v) is 7.76. The predicted octanol–water partition coefficient (Wildman–Crippen LogP) is 6.31. The predicted molar refractivity (Wildman–Crippen MR) is 174 cm³/mol. The van der Waals surface area contributed by atoms with Crippen LogP contribution in [0.1, 0.15) is 83.5 Å². The normalized spacial score (nSPS) is 13.1. The molecule has 0 radical (unpaired) electrons. The average molecular weight is 603 g/mol. The molecule has 4 N–H and O–H groups in total. The van der Waals surface area contributed by atoms with Crippen LogP contribution in [-0.4, -0.2) is 45.9 Å². The molecular formula is C35H46N4O5. The van der Waals surface area contributed by atoms with Gasteiger partial charge >= 0.3 is 6.09 Å². The van der Waals surface area contributed by atoms with Crippen LogP contribution in [0.15, 0.2) is 60.7 Å². The molecule has 0 saturated heterocycles. The number of ether oxygens (including phenoxy) is 1. The maximum atomic E-state index is 14.7. The van der Waals surface area contributed by atoms with Gasteiger partial charge in [-0.1, -0.05) is 55.5 Å². The Morgan fingerprint density at radius 3 is 2.07 bits per heavy atom. The second-order valence-corrected chi connectivity index (χ2v) is 12.8. The van der Waals surface area contributed by atoms with E-state index in [1.165, 1.54) is 0 Å². The molecule has 3 aromatic rings. The van der Waals surface area contributed by atoms with E-state index in [0.29, 0.717) is 17.7 Å². The van der Waals surface area contributed by atoms with Crippen molar-refractivity contribution in [2.45, 2.75) is 97.9 Å². The number of carbonyl (C=O) groups excluding carboxylic acids is 4. The van der Waals surface area contributed by atoms with Crippen LogP contribution in [0.5, 0.6) is 0 Å². The second-order valence-electron chi connectivity index (χ2n) is 12.8. The van der Waals surface area contributed by atoms with Crippen molar-refractivity contribution < 1.29 is 23.9 Å². The quantitative estimate of drug-likeness (QED) is 0.237. The highest BCUT2D eigenvalue weighted by molar-refractivity contribution is 6.01. The molecule has 0 aromatic heterocycles. The van der Waals surface area contributed by atoms with Gasteiger partial charge in [-0.3, -0.25) is 14.4 Å². The molecule has 3 rings (SSSR count). The van der Waals surface area contributed by atoms with Gasteiger partial charge in [0.2, 0.25) is 11.8 Å². The van der Waals surface area contributed by atoms with E-state index in [9.17, 15) is 19.2 Å². The fraction of sp³-hybridized carbons (Fsp3) is 0.429. The number of fused-ring (bicyclic) bond motifs is 1. The monoisotopic (exact) mass is 602 g/mol. The number of nitrogens with two attached hydrogens (primary N) is 1. The molecule has 44 heavy (non-hydrogen) atoms. The smallest absolute Gasteiger partial charge is 0.408 e. The summed E-state index contributed by atoms with van der Waals surface area (Å²) < 4.78 is 5.45. The molecule has 2 atom stereocenters. The van der Waals surface area contributed by atoms with Gasteiger partial charge in [-0.25, -0.2) is 4.79 Å². The lowest BCUT2D eigenvalue weighted by Crippen LogP contribution is -2.59. The van der Waals surface area contributed by atoms with Gasteiger partial charge in [-0.15, -0.1) is 0 Å². The summed E-state index contributed by atoms with van der Waals surface area (Å²) in [6.07, 6.45) is -0.517. The van der Waals surface area contributed by atoms with Crippen molar-refractivity contribution in [2.75, 3.05) is 5.32 Å². The molecule has 0 saturated carbocycles. The molecule has 9 heteroatoms. The van der Waals surface area contributed by atoms with E-state index >= 15 is 0 Å².